The third kappa shape index (κ3) is 6.02. The van der Waals surface area contributed by atoms with Crippen LogP contribution in [0.4, 0.5) is 8.78 Å². The van der Waals surface area contributed by atoms with Gasteiger partial charge in [-0.25, -0.2) is 13.8 Å². The Morgan fingerprint density at radius 3 is 2.81 bits per heavy atom. The smallest absolute Gasteiger partial charge is 0.262 e. The summed E-state index contributed by atoms with van der Waals surface area (Å²) < 4.78 is 25.9. The Labute approximate surface area is 138 Å². The average molecular weight is 362 g/mol. The van der Waals surface area contributed by atoms with Crippen molar-refractivity contribution in [3.8, 4) is 0 Å². The zero-order chi connectivity index (χ0) is 13.9. The first-order chi connectivity index (χ1) is 9.00. The molecule has 9 heteroatoms. The molecule has 4 nitrogen and oxygen atoms in total. The second-order valence-electron chi connectivity index (χ2n) is 4.62. The van der Waals surface area contributed by atoms with Crippen molar-refractivity contribution in [2.24, 2.45) is 0 Å². The van der Waals surface area contributed by atoms with Crippen LogP contribution in [0.25, 0.3) is 0 Å². The predicted octanol–water partition coefficient (Wildman–Crippen LogP) is 2.21. The van der Waals surface area contributed by atoms with Crippen molar-refractivity contribution in [2.45, 2.75) is 38.2 Å². The molecule has 1 aliphatic rings. The minimum atomic E-state index is -2.77. The second-order valence-corrected chi connectivity index (χ2v) is 5.56. The highest BCUT2D eigenvalue weighted by Gasteiger charge is 2.42. The molecule has 1 atom stereocenters. The highest BCUT2D eigenvalue weighted by Crippen LogP contribution is 2.24. The lowest BCUT2D eigenvalue weighted by Gasteiger charge is -2.10. The molecule has 122 valence electrons. The molecule has 1 saturated heterocycles. The molecule has 0 bridgehead atoms. The van der Waals surface area contributed by atoms with Gasteiger partial charge in [0.15, 0.2) is 0 Å². The standard InChI is InChI=1S/C12H17F2N3OS.2ClH/c1-2-10-17-8(6-19-10)3-4-15-11(18)9-5-12(13,14)7-16-9;;/h6,9,16H,2-5,7H2,1H3,(H,15,18);2*1H. The minimum absolute atomic E-state index is 0. The highest BCUT2D eigenvalue weighted by atomic mass is 35.5. The van der Waals surface area contributed by atoms with Crippen LogP contribution in [-0.2, 0) is 17.6 Å². The van der Waals surface area contributed by atoms with E-state index < -0.39 is 24.9 Å². The number of carbonyl (C=O) groups is 1. The van der Waals surface area contributed by atoms with Gasteiger partial charge in [0.2, 0.25) is 5.91 Å². The van der Waals surface area contributed by atoms with E-state index in [1.165, 1.54) is 0 Å². The van der Waals surface area contributed by atoms with Gasteiger partial charge in [-0.2, -0.15) is 0 Å². The monoisotopic (exact) mass is 361 g/mol. The highest BCUT2D eigenvalue weighted by molar-refractivity contribution is 7.09. The first-order valence-corrected chi connectivity index (χ1v) is 7.20. The summed E-state index contributed by atoms with van der Waals surface area (Å²) >= 11 is 1.60. The number of alkyl halides is 2. The van der Waals surface area contributed by atoms with Crippen molar-refractivity contribution in [1.29, 1.82) is 0 Å². The quantitative estimate of drug-likeness (QED) is 0.845. The first kappa shape index (κ1) is 20.5. The van der Waals surface area contributed by atoms with Crippen molar-refractivity contribution in [3.63, 3.8) is 0 Å². The van der Waals surface area contributed by atoms with Gasteiger partial charge in [0.05, 0.1) is 23.3 Å². The fraction of sp³-hybridized carbons (Fsp3) is 0.667. The number of amides is 1. The summed E-state index contributed by atoms with van der Waals surface area (Å²) in [5, 5.41) is 8.23. The first-order valence-electron chi connectivity index (χ1n) is 6.32. The van der Waals surface area contributed by atoms with Gasteiger partial charge >= 0.3 is 0 Å². The molecule has 2 N–H and O–H groups in total. The van der Waals surface area contributed by atoms with E-state index in [0.717, 1.165) is 17.1 Å². The van der Waals surface area contributed by atoms with Gasteiger partial charge < -0.3 is 5.32 Å². The molecule has 0 radical (unpaired) electrons. The van der Waals surface area contributed by atoms with E-state index in [4.69, 9.17) is 0 Å². The Kier molecular flexibility index (Phi) is 8.61. The fourth-order valence-corrected chi connectivity index (χ4v) is 2.74. The minimum Gasteiger partial charge on any atom is -0.354 e. The normalized spacial score (nSPS) is 19.5. The molecule has 0 saturated carbocycles. The number of thiazole rings is 1. The number of hydrogen-bond acceptors (Lipinski definition) is 4. The van der Waals surface area contributed by atoms with Crippen molar-refractivity contribution in [2.75, 3.05) is 13.1 Å². The van der Waals surface area contributed by atoms with Crippen LogP contribution in [0.5, 0.6) is 0 Å². The maximum Gasteiger partial charge on any atom is 0.262 e. The van der Waals surface area contributed by atoms with E-state index in [1.807, 2.05) is 12.3 Å². The van der Waals surface area contributed by atoms with Gasteiger partial charge in [-0.1, -0.05) is 6.92 Å². The van der Waals surface area contributed by atoms with E-state index in [0.29, 0.717) is 13.0 Å². The van der Waals surface area contributed by atoms with E-state index in [2.05, 4.69) is 15.6 Å². The number of carbonyl (C=O) groups excluding carboxylic acids is 1. The van der Waals surface area contributed by atoms with Gasteiger partial charge in [0, 0.05) is 24.8 Å². The molecule has 1 amide bonds. The van der Waals surface area contributed by atoms with E-state index in [9.17, 15) is 13.6 Å². The van der Waals surface area contributed by atoms with Gasteiger partial charge in [-0.15, -0.1) is 36.2 Å². The topological polar surface area (TPSA) is 54.0 Å². The van der Waals surface area contributed by atoms with E-state index in [1.54, 1.807) is 11.3 Å². The SMILES string of the molecule is CCc1nc(CCNC(=O)C2CC(F)(F)CN2)cs1.Cl.Cl. The van der Waals surface area contributed by atoms with Crippen molar-refractivity contribution in [3.05, 3.63) is 16.1 Å². The lowest BCUT2D eigenvalue weighted by molar-refractivity contribution is -0.123. The Hall–Kier alpha value is -0.500. The van der Waals surface area contributed by atoms with Crippen LogP contribution in [0, 0.1) is 0 Å². The molecule has 1 aliphatic heterocycles. The zero-order valence-corrected chi connectivity index (χ0v) is 14.0. The van der Waals surface area contributed by atoms with Gasteiger partial charge in [-0.3, -0.25) is 10.1 Å². The molecule has 1 unspecified atom stereocenters. The number of nitrogens with zero attached hydrogens (tertiary/aromatic N) is 1. The molecule has 0 aromatic carbocycles. The lowest BCUT2D eigenvalue weighted by Crippen LogP contribution is -2.41. The summed E-state index contributed by atoms with van der Waals surface area (Å²) in [6.45, 7) is 2.04. The molecule has 2 rings (SSSR count). The largest absolute Gasteiger partial charge is 0.354 e. The van der Waals surface area contributed by atoms with Crippen LogP contribution >= 0.6 is 36.2 Å². The van der Waals surface area contributed by atoms with Crippen molar-refractivity contribution >= 4 is 42.1 Å². The second kappa shape index (κ2) is 8.82. The predicted molar refractivity (Wildman–Crippen MR) is 84.1 cm³/mol. The van der Waals surface area contributed by atoms with Gasteiger partial charge in [-0.05, 0) is 6.42 Å². The number of aromatic nitrogens is 1. The maximum atomic E-state index is 12.9. The molecular formula is C12H19Cl2F2N3OS. The number of halogens is 4. The summed E-state index contributed by atoms with van der Waals surface area (Å²) in [5.41, 5.74) is 0.937. The third-order valence-corrected chi connectivity index (χ3v) is 4.05. The van der Waals surface area contributed by atoms with Crippen LogP contribution in [0.1, 0.15) is 24.0 Å². The van der Waals surface area contributed by atoms with Crippen molar-refractivity contribution in [1.82, 2.24) is 15.6 Å². The van der Waals surface area contributed by atoms with E-state index in [-0.39, 0.29) is 30.7 Å². The average Bonchev–Trinajstić information content (AvgIpc) is 2.95. The summed E-state index contributed by atoms with van der Waals surface area (Å²) in [5.74, 6) is -3.13. The maximum absolute atomic E-state index is 12.9. The van der Waals surface area contributed by atoms with Gasteiger partial charge in [0.25, 0.3) is 5.92 Å². The molecule has 1 aromatic heterocycles. The summed E-state index contributed by atoms with van der Waals surface area (Å²) in [7, 11) is 0. The van der Waals surface area contributed by atoms with E-state index >= 15 is 0 Å². The van der Waals surface area contributed by atoms with Crippen LogP contribution in [0.3, 0.4) is 0 Å². The van der Waals surface area contributed by atoms with Crippen molar-refractivity contribution < 1.29 is 13.6 Å². The zero-order valence-electron chi connectivity index (χ0n) is 11.5. The summed E-state index contributed by atoms with van der Waals surface area (Å²) in [6, 6.07) is -0.781. The molecule has 1 fully saturated rings. The van der Waals surface area contributed by atoms with Crippen LogP contribution < -0.4 is 10.6 Å². The number of aryl methyl sites for hydroxylation is 1. The summed E-state index contributed by atoms with van der Waals surface area (Å²) in [4.78, 5) is 16.0. The summed E-state index contributed by atoms with van der Waals surface area (Å²) in [6.07, 6.45) is 1.11. The lowest BCUT2D eigenvalue weighted by atomic mass is 10.2. The molecule has 1 aromatic rings. The number of nitrogens with one attached hydrogen (secondary N) is 2. The van der Waals surface area contributed by atoms with Crippen LogP contribution in [0.15, 0.2) is 5.38 Å². The molecule has 21 heavy (non-hydrogen) atoms. The molecule has 2 heterocycles. The molecule has 0 spiro atoms. The van der Waals surface area contributed by atoms with Crippen LogP contribution in [0.2, 0.25) is 0 Å². The van der Waals surface area contributed by atoms with Gasteiger partial charge in [0.1, 0.15) is 0 Å². The Balaban J connectivity index is 0.00000200. The third-order valence-electron chi connectivity index (χ3n) is 3.01. The Morgan fingerprint density at radius 2 is 2.29 bits per heavy atom. The Morgan fingerprint density at radius 1 is 1.57 bits per heavy atom. The fourth-order valence-electron chi connectivity index (χ4n) is 1.96. The molecular weight excluding hydrogens is 343 g/mol. The number of hydrogen-bond donors (Lipinski definition) is 2. The Bertz CT molecular complexity index is 459. The molecule has 0 aliphatic carbocycles. The number of rotatable bonds is 5. The van der Waals surface area contributed by atoms with Crippen LogP contribution in [-0.4, -0.2) is 35.9 Å².